The Bertz CT molecular complexity index is 599. The van der Waals surface area contributed by atoms with Crippen molar-refractivity contribution in [2.45, 2.75) is 0 Å². The molecule has 0 atom stereocenters. The summed E-state index contributed by atoms with van der Waals surface area (Å²) < 4.78 is 4.62. The molecule has 0 unspecified atom stereocenters. The molecule has 2 aromatic rings. The van der Waals surface area contributed by atoms with Crippen molar-refractivity contribution >= 4 is 16.9 Å². The van der Waals surface area contributed by atoms with Crippen LogP contribution in [0.25, 0.3) is 10.9 Å². The molecule has 1 aromatic carbocycles. The molecule has 0 saturated heterocycles. The highest BCUT2D eigenvalue weighted by atomic mass is 16.5. The molecule has 0 aliphatic rings. The van der Waals surface area contributed by atoms with Crippen LogP contribution < -0.4 is 0 Å². The predicted molar refractivity (Wildman–Crippen MR) is 57.8 cm³/mol. The molecular weight excluding hydrogens is 204 g/mol. The summed E-state index contributed by atoms with van der Waals surface area (Å²) in [5.41, 5.74) is 1.60. The Labute approximate surface area is 92.1 Å². The molecular formula is C12H8N2O2. The van der Waals surface area contributed by atoms with Gasteiger partial charge >= 0.3 is 5.97 Å². The van der Waals surface area contributed by atoms with E-state index in [0.717, 1.165) is 0 Å². The number of fused-ring (bicyclic) bond motifs is 1. The molecule has 0 saturated carbocycles. The molecule has 0 spiro atoms. The average Bonchev–Trinajstić information content (AvgIpc) is 2.36. The summed E-state index contributed by atoms with van der Waals surface area (Å²) in [4.78, 5) is 15.4. The third-order valence-electron chi connectivity index (χ3n) is 2.28. The van der Waals surface area contributed by atoms with Crippen molar-refractivity contribution in [1.82, 2.24) is 4.98 Å². The predicted octanol–water partition coefficient (Wildman–Crippen LogP) is 1.89. The largest absolute Gasteiger partial charge is 0.465 e. The van der Waals surface area contributed by atoms with Gasteiger partial charge in [0, 0.05) is 11.6 Å². The van der Waals surface area contributed by atoms with Crippen molar-refractivity contribution < 1.29 is 9.53 Å². The van der Waals surface area contributed by atoms with E-state index >= 15 is 0 Å². The third-order valence-corrected chi connectivity index (χ3v) is 2.28. The van der Waals surface area contributed by atoms with E-state index < -0.39 is 5.97 Å². The zero-order chi connectivity index (χ0) is 11.5. The van der Waals surface area contributed by atoms with E-state index in [1.807, 2.05) is 0 Å². The van der Waals surface area contributed by atoms with Crippen molar-refractivity contribution in [1.29, 1.82) is 5.26 Å². The number of nitrogens with zero attached hydrogens (tertiary/aromatic N) is 2. The lowest BCUT2D eigenvalue weighted by Gasteiger charge is -2.02. The summed E-state index contributed by atoms with van der Waals surface area (Å²) in [6, 6.07) is 8.62. The average molecular weight is 212 g/mol. The lowest BCUT2D eigenvalue weighted by Crippen LogP contribution is -2.01. The first-order chi connectivity index (χ1) is 7.76. The van der Waals surface area contributed by atoms with Crippen molar-refractivity contribution in [3.05, 3.63) is 41.6 Å². The maximum Gasteiger partial charge on any atom is 0.337 e. The standard InChI is InChI=1S/C12H8N2O2/c1-16-12(15)8-2-3-11-10(6-8)9(7-13)4-5-14-11/h2-6H,1H3. The smallest absolute Gasteiger partial charge is 0.337 e. The van der Waals surface area contributed by atoms with E-state index in [4.69, 9.17) is 5.26 Å². The summed E-state index contributed by atoms with van der Waals surface area (Å²) in [5, 5.41) is 9.59. The van der Waals surface area contributed by atoms with Gasteiger partial charge in [-0.3, -0.25) is 4.98 Å². The summed E-state index contributed by atoms with van der Waals surface area (Å²) >= 11 is 0. The number of aromatic nitrogens is 1. The fourth-order valence-corrected chi connectivity index (χ4v) is 1.49. The minimum absolute atomic E-state index is 0.416. The normalized spacial score (nSPS) is 9.75. The molecule has 2 rings (SSSR count). The number of esters is 1. The number of benzene rings is 1. The highest BCUT2D eigenvalue weighted by molar-refractivity contribution is 5.95. The summed E-state index contributed by atoms with van der Waals surface area (Å²) in [5.74, 6) is -0.422. The second-order valence-electron chi connectivity index (χ2n) is 3.19. The Morgan fingerprint density at radius 3 is 2.94 bits per heavy atom. The molecule has 16 heavy (non-hydrogen) atoms. The van der Waals surface area contributed by atoms with Crippen LogP contribution in [-0.4, -0.2) is 18.1 Å². The maximum atomic E-state index is 11.3. The molecule has 1 aromatic heterocycles. The molecule has 0 fully saturated rings. The second kappa shape index (κ2) is 3.99. The number of hydrogen-bond donors (Lipinski definition) is 0. The van der Waals surface area contributed by atoms with Crippen LogP contribution in [0.2, 0.25) is 0 Å². The molecule has 4 nitrogen and oxygen atoms in total. The Morgan fingerprint density at radius 2 is 2.25 bits per heavy atom. The lowest BCUT2D eigenvalue weighted by atomic mass is 10.1. The van der Waals surface area contributed by atoms with Crippen LogP contribution in [0.5, 0.6) is 0 Å². The van der Waals surface area contributed by atoms with Crippen LogP contribution in [0.15, 0.2) is 30.5 Å². The van der Waals surface area contributed by atoms with Crippen LogP contribution >= 0.6 is 0 Å². The molecule has 0 radical (unpaired) electrons. The van der Waals surface area contributed by atoms with Gasteiger partial charge in [0.05, 0.1) is 29.8 Å². The van der Waals surface area contributed by atoms with E-state index in [-0.39, 0.29) is 0 Å². The summed E-state index contributed by atoms with van der Waals surface area (Å²) in [6.07, 6.45) is 1.57. The number of ether oxygens (including phenoxy) is 1. The minimum atomic E-state index is -0.422. The quantitative estimate of drug-likeness (QED) is 0.677. The maximum absolute atomic E-state index is 11.3. The third kappa shape index (κ3) is 1.59. The van der Waals surface area contributed by atoms with Crippen molar-refractivity contribution in [2.24, 2.45) is 0 Å². The highest BCUT2D eigenvalue weighted by Gasteiger charge is 2.08. The molecule has 0 aliphatic carbocycles. The van der Waals surface area contributed by atoms with Gasteiger partial charge < -0.3 is 4.74 Å². The topological polar surface area (TPSA) is 63.0 Å². The number of carbonyl (C=O) groups excluding carboxylic acids is 1. The van der Waals surface area contributed by atoms with Crippen molar-refractivity contribution in [3.8, 4) is 6.07 Å². The van der Waals surface area contributed by atoms with E-state index in [1.54, 1.807) is 30.5 Å². The molecule has 78 valence electrons. The summed E-state index contributed by atoms with van der Waals surface area (Å²) in [7, 11) is 1.32. The first-order valence-corrected chi connectivity index (χ1v) is 4.63. The Balaban J connectivity index is 2.69. The summed E-state index contributed by atoms with van der Waals surface area (Å²) in [6.45, 7) is 0. The molecule has 0 amide bonds. The number of carbonyl (C=O) groups is 1. The number of hydrogen-bond acceptors (Lipinski definition) is 4. The van der Waals surface area contributed by atoms with Crippen molar-refractivity contribution in [3.63, 3.8) is 0 Å². The van der Waals surface area contributed by atoms with E-state index in [9.17, 15) is 4.79 Å². The van der Waals surface area contributed by atoms with Crippen LogP contribution in [-0.2, 0) is 4.74 Å². The van der Waals surface area contributed by atoms with E-state index in [0.29, 0.717) is 22.0 Å². The van der Waals surface area contributed by atoms with Gasteiger partial charge in [0.15, 0.2) is 0 Å². The van der Waals surface area contributed by atoms with Gasteiger partial charge in [-0.25, -0.2) is 4.79 Å². The van der Waals surface area contributed by atoms with Crippen molar-refractivity contribution in [2.75, 3.05) is 7.11 Å². The van der Waals surface area contributed by atoms with Gasteiger partial charge in [-0.1, -0.05) is 0 Å². The number of rotatable bonds is 1. The molecule has 0 aliphatic heterocycles. The van der Waals surface area contributed by atoms with Gasteiger partial charge in [-0.15, -0.1) is 0 Å². The van der Waals surface area contributed by atoms with Crippen LogP contribution in [0.3, 0.4) is 0 Å². The monoisotopic (exact) mass is 212 g/mol. The Kier molecular flexibility index (Phi) is 2.52. The van der Waals surface area contributed by atoms with Gasteiger partial charge in [0.1, 0.15) is 0 Å². The minimum Gasteiger partial charge on any atom is -0.465 e. The van der Waals surface area contributed by atoms with Crippen LogP contribution in [0.1, 0.15) is 15.9 Å². The zero-order valence-electron chi connectivity index (χ0n) is 8.60. The fourth-order valence-electron chi connectivity index (χ4n) is 1.49. The van der Waals surface area contributed by atoms with Gasteiger partial charge in [0.25, 0.3) is 0 Å². The van der Waals surface area contributed by atoms with Gasteiger partial charge in [-0.2, -0.15) is 5.26 Å². The number of methoxy groups -OCH3 is 1. The Morgan fingerprint density at radius 1 is 1.44 bits per heavy atom. The molecule has 1 heterocycles. The van der Waals surface area contributed by atoms with Gasteiger partial charge in [-0.05, 0) is 24.3 Å². The lowest BCUT2D eigenvalue weighted by molar-refractivity contribution is 0.0601. The van der Waals surface area contributed by atoms with Crippen LogP contribution in [0.4, 0.5) is 0 Å². The molecule has 4 heteroatoms. The van der Waals surface area contributed by atoms with Gasteiger partial charge in [0.2, 0.25) is 0 Å². The SMILES string of the molecule is COC(=O)c1ccc2nccc(C#N)c2c1. The molecule has 0 N–H and O–H groups in total. The number of nitriles is 1. The number of pyridine rings is 1. The zero-order valence-corrected chi connectivity index (χ0v) is 8.60. The first-order valence-electron chi connectivity index (χ1n) is 4.63. The highest BCUT2D eigenvalue weighted by Crippen LogP contribution is 2.18. The second-order valence-corrected chi connectivity index (χ2v) is 3.19. The first kappa shape index (κ1) is 10.1. The van der Waals surface area contributed by atoms with E-state index in [2.05, 4.69) is 15.8 Å². The Hall–Kier alpha value is -2.41. The molecule has 0 bridgehead atoms. The fraction of sp³-hybridized carbons (Fsp3) is 0.0833. The van der Waals surface area contributed by atoms with E-state index in [1.165, 1.54) is 7.11 Å². The van der Waals surface area contributed by atoms with Crippen LogP contribution in [0, 0.1) is 11.3 Å².